The number of carbonyl (C=O) groups excluding carboxylic acids is 2. The number of carbonyl (C=O) groups is 2. The number of hydrogen-bond acceptors (Lipinski definition) is 4. The largest absolute Gasteiger partial charge is 0.347 e. The highest BCUT2D eigenvalue weighted by atomic mass is 16.2. The number of para-hydroxylation sites is 1. The van der Waals surface area contributed by atoms with Crippen LogP contribution in [0.2, 0.25) is 0 Å². The van der Waals surface area contributed by atoms with E-state index < -0.39 is 0 Å². The topological polar surface area (TPSA) is 61.7 Å². The second-order valence-electron chi connectivity index (χ2n) is 9.22. The van der Waals surface area contributed by atoms with Gasteiger partial charge in [0.1, 0.15) is 6.54 Å². The Morgan fingerprint density at radius 3 is 2.73 bits per heavy atom. The second-order valence-corrected chi connectivity index (χ2v) is 9.22. The first-order valence-corrected chi connectivity index (χ1v) is 11.8. The van der Waals surface area contributed by atoms with Crippen molar-refractivity contribution in [3.63, 3.8) is 0 Å². The summed E-state index contributed by atoms with van der Waals surface area (Å²) < 4.78 is 2.29. The Bertz CT molecular complexity index is 1160. The van der Waals surface area contributed by atoms with Gasteiger partial charge in [0.2, 0.25) is 11.8 Å². The first-order chi connectivity index (χ1) is 16.0. The van der Waals surface area contributed by atoms with Crippen LogP contribution in [0.5, 0.6) is 0 Å². The fraction of sp³-hybridized carbons (Fsp3) is 0.423. The van der Waals surface area contributed by atoms with E-state index in [0.29, 0.717) is 13.1 Å². The van der Waals surface area contributed by atoms with Gasteiger partial charge >= 0.3 is 0 Å². The summed E-state index contributed by atoms with van der Waals surface area (Å²) in [7, 11) is 1.85. The molecule has 0 radical (unpaired) electrons. The van der Waals surface area contributed by atoms with Crippen LogP contribution in [0.1, 0.15) is 24.5 Å². The number of likely N-dealkylation sites (tertiary alicyclic amines) is 1. The summed E-state index contributed by atoms with van der Waals surface area (Å²) in [6.45, 7) is 5.98. The molecule has 0 N–H and O–H groups in total. The highest BCUT2D eigenvalue weighted by Crippen LogP contribution is 2.30. The molecule has 2 fully saturated rings. The number of likely N-dealkylation sites (N-methyl/N-ethyl adjacent to an activating group) is 1. The molecule has 2 aromatic heterocycles. The molecule has 0 bridgehead atoms. The van der Waals surface area contributed by atoms with Crippen LogP contribution in [0.3, 0.4) is 0 Å². The predicted octanol–water partition coefficient (Wildman–Crippen LogP) is 2.75. The van der Waals surface area contributed by atoms with Gasteiger partial charge in [-0.2, -0.15) is 0 Å². The van der Waals surface area contributed by atoms with Crippen LogP contribution in [0, 0.1) is 5.92 Å². The van der Waals surface area contributed by atoms with Gasteiger partial charge in [0, 0.05) is 75.3 Å². The Kier molecular flexibility index (Phi) is 5.89. The summed E-state index contributed by atoms with van der Waals surface area (Å²) in [5.74, 6) is -0.132. The molecule has 1 aromatic carbocycles. The summed E-state index contributed by atoms with van der Waals surface area (Å²) in [5.41, 5.74) is 3.49. The van der Waals surface area contributed by atoms with Crippen LogP contribution in [-0.2, 0) is 29.2 Å². The van der Waals surface area contributed by atoms with Crippen molar-refractivity contribution in [1.29, 1.82) is 0 Å². The molecule has 0 unspecified atom stereocenters. The van der Waals surface area contributed by atoms with Crippen LogP contribution in [0.25, 0.3) is 10.9 Å². The first-order valence-electron chi connectivity index (χ1n) is 11.8. The Hall–Kier alpha value is -3.19. The number of rotatable bonds is 5. The quantitative estimate of drug-likeness (QED) is 0.606. The van der Waals surface area contributed by atoms with Gasteiger partial charge in [0.15, 0.2) is 0 Å². The molecule has 2 aliphatic heterocycles. The molecule has 0 aliphatic carbocycles. The van der Waals surface area contributed by atoms with Gasteiger partial charge in [-0.25, -0.2) is 0 Å². The highest BCUT2D eigenvalue weighted by molar-refractivity contribution is 5.89. The van der Waals surface area contributed by atoms with Gasteiger partial charge in [-0.05, 0) is 36.6 Å². The van der Waals surface area contributed by atoms with Crippen molar-refractivity contribution >= 4 is 22.7 Å². The molecule has 33 heavy (non-hydrogen) atoms. The third kappa shape index (κ3) is 4.13. The lowest BCUT2D eigenvalue weighted by molar-refractivity contribution is -0.138. The molecule has 7 nitrogen and oxygen atoms in total. The molecule has 172 valence electrons. The highest BCUT2D eigenvalue weighted by Gasteiger charge is 2.43. The van der Waals surface area contributed by atoms with Crippen LogP contribution < -0.4 is 0 Å². The molecule has 3 aromatic rings. The lowest BCUT2D eigenvalue weighted by atomic mass is 9.90. The average molecular weight is 446 g/mol. The van der Waals surface area contributed by atoms with Crippen molar-refractivity contribution in [3.05, 3.63) is 66.1 Å². The summed E-state index contributed by atoms with van der Waals surface area (Å²) in [6.07, 6.45) is 6.54. The van der Waals surface area contributed by atoms with E-state index in [1.54, 1.807) is 17.3 Å². The maximum Gasteiger partial charge on any atom is 0.242 e. The molecule has 2 aliphatic rings. The van der Waals surface area contributed by atoms with Gasteiger partial charge in [0.05, 0.1) is 5.92 Å². The van der Waals surface area contributed by atoms with Crippen molar-refractivity contribution in [2.45, 2.75) is 39.0 Å². The number of aromatic nitrogens is 2. The monoisotopic (exact) mass is 445 g/mol. The van der Waals surface area contributed by atoms with Gasteiger partial charge in [0.25, 0.3) is 0 Å². The smallest absolute Gasteiger partial charge is 0.242 e. The summed E-state index contributed by atoms with van der Waals surface area (Å²) in [6, 6.07) is 12.3. The summed E-state index contributed by atoms with van der Waals surface area (Å²) in [4.78, 5) is 36.6. The minimum atomic E-state index is -0.216. The molecular weight excluding hydrogens is 414 g/mol. The zero-order valence-electron chi connectivity index (χ0n) is 19.4. The van der Waals surface area contributed by atoms with Gasteiger partial charge < -0.3 is 14.4 Å². The normalized spacial score (nSPS) is 22.0. The number of benzene rings is 1. The zero-order valence-corrected chi connectivity index (χ0v) is 19.4. The number of piperidine rings is 1. The lowest BCUT2D eigenvalue weighted by Crippen LogP contribution is -2.53. The summed E-state index contributed by atoms with van der Waals surface area (Å²) >= 11 is 0. The average Bonchev–Trinajstić information content (AvgIpc) is 3.17. The molecule has 2 amide bonds. The van der Waals surface area contributed by atoms with E-state index in [0.717, 1.165) is 31.6 Å². The zero-order chi connectivity index (χ0) is 22.9. The first kappa shape index (κ1) is 21.6. The Morgan fingerprint density at radius 2 is 1.94 bits per heavy atom. The van der Waals surface area contributed by atoms with E-state index in [1.807, 2.05) is 24.1 Å². The SMILES string of the molecule is CCn1cc(CN2CC[C@@H]3[C@H](C2)C(=O)N(Cc2cccnc2)CC(=O)N3C)c2ccccc21. The van der Waals surface area contributed by atoms with Crippen molar-refractivity contribution in [1.82, 2.24) is 24.3 Å². The third-order valence-electron chi connectivity index (χ3n) is 7.21. The van der Waals surface area contributed by atoms with Crippen molar-refractivity contribution in [3.8, 4) is 0 Å². The van der Waals surface area contributed by atoms with E-state index in [4.69, 9.17) is 0 Å². The standard InChI is InChI=1S/C26H31N5O2/c1-3-30-16-20(21-8-4-5-9-24(21)30)15-29-12-10-23-22(17-29)26(33)31(18-25(32)28(23)2)14-19-7-6-11-27-13-19/h4-9,11,13,16,22-23H,3,10,12,14-15,17-18H2,1-2H3/t22-,23+/m0/s1. The maximum absolute atomic E-state index is 13.6. The fourth-order valence-corrected chi connectivity index (χ4v) is 5.43. The van der Waals surface area contributed by atoms with E-state index in [1.165, 1.54) is 16.5 Å². The molecule has 7 heteroatoms. The molecule has 2 saturated heterocycles. The number of pyridine rings is 1. The van der Waals surface area contributed by atoms with Crippen LogP contribution in [0.4, 0.5) is 0 Å². The molecular formula is C26H31N5O2. The van der Waals surface area contributed by atoms with E-state index >= 15 is 0 Å². The van der Waals surface area contributed by atoms with E-state index in [-0.39, 0.29) is 30.3 Å². The Labute approximate surface area is 194 Å². The van der Waals surface area contributed by atoms with Crippen molar-refractivity contribution in [2.75, 3.05) is 26.7 Å². The lowest BCUT2D eigenvalue weighted by Gasteiger charge is -2.40. The van der Waals surface area contributed by atoms with Crippen molar-refractivity contribution < 1.29 is 9.59 Å². The van der Waals surface area contributed by atoms with Crippen molar-refractivity contribution in [2.24, 2.45) is 5.92 Å². The maximum atomic E-state index is 13.6. The third-order valence-corrected chi connectivity index (χ3v) is 7.21. The Balaban J connectivity index is 1.38. The summed E-state index contributed by atoms with van der Waals surface area (Å²) in [5, 5.41) is 1.28. The number of aryl methyl sites for hydroxylation is 1. The molecule has 5 rings (SSSR count). The van der Waals surface area contributed by atoms with Gasteiger partial charge in [-0.15, -0.1) is 0 Å². The second kappa shape index (κ2) is 8.98. The number of amides is 2. The molecule has 2 atom stereocenters. The minimum Gasteiger partial charge on any atom is -0.347 e. The van der Waals surface area contributed by atoms with Crippen LogP contribution in [-0.4, -0.2) is 68.8 Å². The van der Waals surface area contributed by atoms with Gasteiger partial charge in [-0.3, -0.25) is 19.5 Å². The minimum absolute atomic E-state index is 0.0132. The fourth-order valence-electron chi connectivity index (χ4n) is 5.43. The number of fused-ring (bicyclic) bond motifs is 2. The number of nitrogens with zero attached hydrogens (tertiary/aromatic N) is 5. The molecule has 0 saturated carbocycles. The van der Waals surface area contributed by atoms with E-state index in [9.17, 15) is 9.59 Å². The molecule has 4 heterocycles. The predicted molar refractivity (Wildman–Crippen MR) is 127 cm³/mol. The van der Waals surface area contributed by atoms with E-state index in [2.05, 4.69) is 51.8 Å². The molecule has 0 spiro atoms. The van der Waals surface area contributed by atoms with Crippen LogP contribution in [0.15, 0.2) is 55.0 Å². The van der Waals surface area contributed by atoms with Crippen LogP contribution >= 0.6 is 0 Å². The van der Waals surface area contributed by atoms with Gasteiger partial charge in [-0.1, -0.05) is 24.3 Å². The Morgan fingerprint density at radius 1 is 1.09 bits per heavy atom. The number of hydrogen-bond donors (Lipinski definition) is 0.